The highest BCUT2D eigenvalue weighted by atomic mass is 16.5. The molecule has 0 atom stereocenters. The van der Waals surface area contributed by atoms with E-state index in [-0.39, 0.29) is 5.78 Å². The Morgan fingerprint density at radius 1 is 1.24 bits per heavy atom. The minimum absolute atomic E-state index is 0.169. The van der Waals surface area contributed by atoms with Gasteiger partial charge in [0.2, 0.25) is 0 Å². The van der Waals surface area contributed by atoms with E-state index in [0.29, 0.717) is 6.42 Å². The maximum atomic E-state index is 11.8. The van der Waals surface area contributed by atoms with E-state index < -0.39 is 0 Å². The molecule has 2 aromatic rings. The smallest absolute Gasteiger partial charge is 0.164 e. The maximum absolute atomic E-state index is 11.8. The minimum atomic E-state index is 0.169. The summed E-state index contributed by atoms with van der Waals surface area (Å²) in [4.78, 5) is 14.6. The fourth-order valence-electron chi connectivity index (χ4n) is 1.69. The Hall–Kier alpha value is -2.03. The van der Waals surface area contributed by atoms with Crippen LogP contribution in [-0.4, -0.2) is 17.9 Å². The van der Waals surface area contributed by atoms with Crippen LogP contribution in [0.3, 0.4) is 0 Å². The number of H-pyrrole nitrogens is 1. The molecule has 0 saturated carbocycles. The summed E-state index contributed by atoms with van der Waals surface area (Å²) in [5.41, 5.74) is 1.90. The largest absolute Gasteiger partial charge is 0.497 e. The molecule has 3 nitrogen and oxygen atoms in total. The maximum Gasteiger partial charge on any atom is 0.164 e. The molecule has 1 aromatic carbocycles. The molecule has 0 unspecified atom stereocenters. The summed E-state index contributed by atoms with van der Waals surface area (Å²) in [5.74, 6) is 1.01. The van der Waals surface area contributed by atoms with Crippen molar-refractivity contribution in [1.82, 2.24) is 4.98 Å². The Balaban J connectivity index is 1.91. The molecule has 1 aromatic heterocycles. The number of aromatic nitrogens is 1. The molecule has 0 aliphatic carbocycles. The zero-order valence-corrected chi connectivity index (χ0v) is 9.77. The van der Waals surface area contributed by atoms with Gasteiger partial charge in [-0.1, -0.05) is 12.1 Å². The molecule has 17 heavy (non-hydrogen) atoms. The Morgan fingerprint density at radius 3 is 2.59 bits per heavy atom. The first-order valence-electron chi connectivity index (χ1n) is 5.58. The predicted molar refractivity (Wildman–Crippen MR) is 66.4 cm³/mol. The van der Waals surface area contributed by atoms with Crippen LogP contribution >= 0.6 is 0 Å². The van der Waals surface area contributed by atoms with Crippen molar-refractivity contribution in [2.75, 3.05) is 7.11 Å². The zero-order valence-electron chi connectivity index (χ0n) is 9.77. The highest BCUT2D eigenvalue weighted by Crippen LogP contribution is 2.13. The quantitative estimate of drug-likeness (QED) is 0.801. The molecule has 1 N–H and O–H groups in total. The van der Waals surface area contributed by atoms with Gasteiger partial charge >= 0.3 is 0 Å². The summed E-state index contributed by atoms with van der Waals surface area (Å²) in [5, 5.41) is 0. The van der Waals surface area contributed by atoms with Crippen molar-refractivity contribution in [3.8, 4) is 5.75 Å². The van der Waals surface area contributed by atoms with Crippen LogP contribution in [-0.2, 0) is 6.42 Å². The molecule has 0 saturated heterocycles. The van der Waals surface area contributed by atoms with Crippen molar-refractivity contribution in [2.24, 2.45) is 0 Å². The Bertz CT molecular complexity index is 471. The van der Waals surface area contributed by atoms with E-state index in [1.165, 1.54) is 0 Å². The Morgan fingerprint density at radius 2 is 2.00 bits per heavy atom. The average Bonchev–Trinajstić information content (AvgIpc) is 2.90. The molecule has 0 fully saturated rings. The molecular formula is C14H15NO2. The first-order chi connectivity index (χ1) is 8.29. The standard InChI is InChI=1S/C14H15NO2/c1-17-13-5-2-11(3-6-13)4-7-14(16)12-8-9-15-10-12/h2-3,5-6,8-10,15H,4,7H2,1H3. The van der Waals surface area contributed by atoms with Crippen LogP contribution in [0.1, 0.15) is 22.3 Å². The number of Topliss-reactive ketones (excluding diaryl/α,β-unsaturated/α-hetero) is 1. The lowest BCUT2D eigenvalue weighted by atomic mass is 10.0. The van der Waals surface area contributed by atoms with Gasteiger partial charge in [-0.05, 0) is 30.2 Å². The number of ketones is 1. The van der Waals surface area contributed by atoms with Gasteiger partial charge in [-0.2, -0.15) is 0 Å². The van der Waals surface area contributed by atoms with Crippen LogP contribution in [0.15, 0.2) is 42.7 Å². The number of ether oxygens (including phenoxy) is 1. The highest BCUT2D eigenvalue weighted by molar-refractivity contribution is 5.95. The van der Waals surface area contributed by atoms with Crippen LogP contribution in [0, 0.1) is 0 Å². The van der Waals surface area contributed by atoms with Gasteiger partial charge in [0.15, 0.2) is 5.78 Å². The molecule has 0 radical (unpaired) electrons. The second-order valence-corrected chi connectivity index (χ2v) is 3.87. The monoisotopic (exact) mass is 229 g/mol. The molecule has 2 rings (SSSR count). The first-order valence-corrected chi connectivity index (χ1v) is 5.58. The SMILES string of the molecule is COc1ccc(CCC(=O)c2cc[nH]c2)cc1. The minimum Gasteiger partial charge on any atom is -0.497 e. The number of aromatic amines is 1. The number of carbonyl (C=O) groups excluding carboxylic acids is 1. The van der Waals surface area contributed by atoms with Crippen molar-refractivity contribution in [2.45, 2.75) is 12.8 Å². The predicted octanol–water partition coefficient (Wildman–Crippen LogP) is 2.84. The van der Waals surface area contributed by atoms with Crippen molar-refractivity contribution < 1.29 is 9.53 Å². The van der Waals surface area contributed by atoms with Crippen molar-refractivity contribution in [1.29, 1.82) is 0 Å². The van der Waals surface area contributed by atoms with E-state index >= 15 is 0 Å². The first kappa shape index (κ1) is 11.5. The fourth-order valence-corrected chi connectivity index (χ4v) is 1.69. The molecule has 0 aliphatic rings. The van der Waals surface area contributed by atoms with Crippen LogP contribution in [0.5, 0.6) is 5.75 Å². The molecule has 88 valence electrons. The number of aryl methyl sites for hydroxylation is 1. The lowest BCUT2D eigenvalue weighted by molar-refractivity contribution is 0.0983. The van der Waals surface area contributed by atoms with E-state index in [9.17, 15) is 4.79 Å². The van der Waals surface area contributed by atoms with E-state index in [2.05, 4.69) is 4.98 Å². The van der Waals surface area contributed by atoms with Crippen molar-refractivity contribution in [3.63, 3.8) is 0 Å². The van der Waals surface area contributed by atoms with Gasteiger partial charge in [-0.25, -0.2) is 0 Å². The second kappa shape index (κ2) is 5.34. The van der Waals surface area contributed by atoms with Gasteiger partial charge in [-0.15, -0.1) is 0 Å². The third kappa shape index (κ3) is 2.97. The molecule has 0 aliphatic heterocycles. The molecule has 3 heteroatoms. The summed E-state index contributed by atoms with van der Waals surface area (Å²) < 4.78 is 5.08. The fraction of sp³-hybridized carbons (Fsp3) is 0.214. The number of methoxy groups -OCH3 is 1. The molecule has 0 bridgehead atoms. The summed E-state index contributed by atoms with van der Waals surface area (Å²) in [6.07, 6.45) is 4.79. The number of hydrogen-bond acceptors (Lipinski definition) is 2. The average molecular weight is 229 g/mol. The number of nitrogens with one attached hydrogen (secondary N) is 1. The van der Waals surface area contributed by atoms with Crippen LogP contribution in [0.2, 0.25) is 0 Å². The number of carbonyl (C=O) groups is 1. The van der Waals surface area contributed by atoms with E-state index in [1.54, 1.807) is 25.6 Å². The van der Waals surface area contributed by atoms with Crippen molar-refractivity contribution >= 4 is 5.78 Å². The van der Waals surface area contributed by atoms with Crippen LogP contribution in [0.4, 0.5) is 0 Å². The summed E-state index contributed by atoms with van der Waals surface area (Å²) in [7, 11) is 1.64. The molecule has 1 heterocycles. The summed E-state index contributed by atoms with van der Waals surface area (Å²) in [6, 6.07) is 9.61. The Labute approximate surface area is 100 Å². The molecule has 0 amide bonds. The second-order valence-electron chi connectivity index (χ2n) is 3.87. The van der Waals surface area contributed by atoms with E-state index in [4.69, 9.17) is 4.74 Å². The van der Waals surface area contributed by atoms with Crippen molar-refractivity contribution in [3.05, 3.63) is 53.9 Å². The van der Waals surface area contributed by atoms with Gasteiger partial charge in [0.1, 0.15) is 5.75 Å². The van der Waals surface area contributed by atoms with Gasteiger partial charge in [-0.3, -0.25) is 4.79 Å². The lowest BCUT2D eigenvalue weighted by Crippen LogP contribution is -1.99. The lowest BCUT2D eigenvalue weighted by Gasteiger charge is -2.02. The molecular weight excluding hydrogens is 214 g/mol. The van der Waals surface area contributed by atoms with Crippen LogP contribution in [0.25, 0.3) is 0 Å². The number of hydrogen-bond donors (Lipinski definition) is 1. The topological polar surface area (TPSA) is 42.1 Å². The van der Waals surface area contributed by atoms with Gasteiger partial charge in [0, 0.05) is 24.4 Å². The number of rotatable bonds is 5. The van der Waals surface area contributed by atoms with Gasteiger partial charge < -0.3 is 9.72 Å². The van der Waals surface area contributed by atoms with E-state index in [0.717, 1.165) is 23.3 Å². The van der Waals surface area contributed by atoms with Crippen LogP contribution < -0.4 is 4.74 Å². The van der Waals surface area contributed by atoms with Gasteiger partial charge in [0.25, 0.3) is 0 Å². The highest BCUT2D eigenvalue weighted by Gasteiger charge is 2.06. The third-order valence-corrected chi connectivity index (χ3v) is 2.72. The summed E-state index contributed by atoms with van der Waals surface area (Å²) >= 11 is 0. The Kier molecular flexibility index (Phi) is 3.60. The molecule has 0 spiro atoms. The summed E-state index contributed by atoms with van der Waals surface area (Å²) in [6.45, 7) is 0. The van der Waals surface area contributed by atoms with E-state index in [1.807, 2.05) is 24.3 Å². The van der Waals surface area contributed by atoms with Gasteiger partial charge in [0.05, 0.1) is 7.11 Å². The zero-order chi connectivity index (χ0) is 12.1. The number of benzene rings is 1. The normalized spacial score (nSPS) is 10.2. The third-order valence-electron chi connectivity index (χ3n) is 2.72.